The summed E-state index contributed by atoms with van der Waals surface area (Å²) in [5, 5.41) is 0.902. The van der Waals surface area contributed by atoms with E-state index in [2.05, 4.69) is 0 Å². The van der Waals surface area contributed by atoms with Crippen LogP contribution in [0.3, 0.4) is 0 Å². The Morgan fingerprint density at radius 1 is 1.39 bits per heavy atom. The predicted molar refractivity (Wildman–Crippen MR) is 72.4 cm³/mol. The molecule has 1 amide bonds. The largest absolute Gasteiger partial charge is 0.484 e. The molecule has 1 aliphatic carbocycles. The van der Waals surface area contributed by atoms with Crippen molar-refractivity contribution in [3.8, 4) is 5.75 Å². The Balaban J connectivity index is 1.90. The molecule has 0 aliphatic heterocycles. The Kier molecular flexibility index (Phi) is 4.36. The zero-order valence-electron chi connectivity index (χ0n) is 10.2. The molecule has 0 aromatic heterocycles. The summed E-state index contributed by atoms with van der Waals surface area (Å²) in [5.41, 5.74) is 0. The Hall–Kier alpha value is -0.930. The quantitative estimate of drug-likeness (QED) is 0.831. The molecule has 0 heterocycles. The van der Waals surface area contributed by atoms with E-state index in [-0.39, 0.29) is 12.5 Å². The summed E-state index contributed by atoms with van der Waals surface area (Å²) in [5.74, 6) is 0.579. The first-order valence-corrected chi connectivity index (χ1v) is 6.74. The Morgan fingerprint density at radius 3 is 2.67 bits per heavy atom. The Bertz CT molecular complexity index is 447. The van der Waals surface area contributed by atoms with Gasteiger partial charge in [-0.15, -0.1) is 0 Å². The van der Waals surface area contributed by atoms with Crippen LogP contribution in [0.4, 0.5) is 0 Å². The monoisotopic (exact) mass is 287 g/mol. The molecule has 1 saturated carbocycles. The molecule has 1 aliphatic rings. The molecular formula is C13H15Cl2NO2. The fraction of sp³-hybridized carbons (Fsp3) is 0.462. The van der Waals surface area contributed by atoms with Gasteiger partial charge in [-0.05, 0) is 31.9 Å². The molecule has 0 bridgehead atoms. The summed E-state index contributed by atoms with van der Waals surface area (Å²) in [4.78, 5) is 13.8. The number of hydrogen-bond acceptors (Lipinski definition) is 2. The van der Waals surface area contributed by atoms with Crippen LogP contribution in [-0.2, 0) is 4.79 Å². The third-order valence-corrected chi connectivity index (χ3v) is 3.64. The van der Waals surface area contributed by atoms with Crippen LogP contribution < -0.4 is 4.74 Å². The van der Waals surface area contributed by atoms with E-state index in [4.69, 9.17) is 27.9 Å². The highest BCUT2D eigenvalue weighted by molar-refractivity contribution is 6.42. The van der Waals surface area contributed by atoms with Crippen molar-refractivity contribution in [1.29, 1.82) is 0 Å². The lowest BCUT2D eigenvalue weighted by Crippen LogP contribution is -2.36. The van der Waals surface area contributed by atoms with E-state index < -0.39 is 0 Å². The van der Waals surface area contributed by atoms with E-state index in [0.717, 1.165) is 19.4 Å². The van der Waals surface area contributed by atoms with Crippen molar-refractivity contribution in [1.82, 2.24) is 4.90 Å². The van der Waals surface area contributed by atoms with Crippen LogP contribution in [0, 0.1) is 0 Å². The number of halogens is 2. The highest BCUT2D eigenvalue weighted by Crippen LogP contribution is 2.28. The number of carbonyl (C=O) groups excluding carboxylic acids is 1. The lowest BCUT2D eigenvalue weighted by molar-refractivity contribution is -0.133. The number of amides is 1. The number of rotatable bonds is 5. The molecule has 98 valence electrons. The molecule has 1 aromatic carbocycles. The molecular weight excluding hydrogens is 273 g/mol. The van der Waals surface area contributed by atoms with Gasteiger partial charge >= 0.3 is 0 Å². The predicted octanol–water partition coefficient (Wildman–Crippen LogP) is 3.38. The van der Waals surface area contributed by atoms with E-state index in [1.165, 1.54) is 0 Å². The van der Waals surface area contributed by atoms with Crippen molar-refractivity contribution >= 4 is 29.1 Å². The number of likely N-dealkylation sites (N-methyl/N-ethyl adjacent to an activating group) is 1. The second-order valence-electron chi connectivity index (χ2n) is 4.28. The topological polar surface area (TPSA) is 29.5 Å². The van der Waals surface area contributed by atoms with Gasteiger partial charge in [0.25, 0.3) is 5.91 Å². The van der Waals surface area contributed by atoms with Gasteiger partial charge in [-0.2, -0.15) is 0 Å². The molecule has 0 saturated heterocycles. The van der Waals surface area contributed by atoms with E-state index in [0.29, 0.717) is 21.8 Å². The fourth-order valence-corrected chi connectivity index (χ4v) is 2.11. The van der Waals surface area contributed by atoms with Crippen LogP contribution in [0.5, 0.6) is 5.75 Å². The molecule has 1 aromatic rings. The zero-order chi connectivity index (χ0) is 13.1. The summed E-state index contributed by atoms with van der Waals surface area (Å²) in [6.45, 7) is 2.76. The summed E-state index contributed by atoms with van der Waals surface area (Å²) < 4.78 is 5.43. The summed E-state index contributed by atoms with van der Waals surface area (Å²) in [6.07, 6.45) is 2.21. The van der Waals surface area contributed by atoms with Gasteiger partial charge in [0.2, 0.25) is 0 Å². The minimum Gasteiger partial charge on any atom is -0.484 e. The molecule has 5 heteroatoms. The Labute approximate surface area is 117 Å². The Morgan fingerprint density at radius 2 is 2.11 bits per heavy atom. The van der Waals surface area contributed by atoms with Crippen molar-refractivity contribution < 1.29 is 9.53 Å². The number of benzene rings is 1. The smallest absolute Gasteiger partial charge is 0.260 e. The van der Waals surface area contributed by atoms with E-state index >= 15 is 0 Å². The van der Waals surface area contributed by atoms with Gasteiger partial charge in [0.15, 0.2) is 6.61 Å². The SMILES string of the molecule is CCN(C(=O)COc1ccc(Cl)c(Cl)c1)C1CC1. The van der Waals surface area contributed by atoms with Gasteiger partial charge in [-0.3, -0.25) is 4.79 Å². The summed E-state index contributed by atoms with van der Waals surface area (Å²) in [6, 6.07) is 5.39. The van der Waals surface area contributed by atoms with Crippen molar-refractivity contribution in [2.24, 2.45) is 0 Å². The molecule has 2 rings (SSSR count). The molecule has 3 nitrogen and oxygen atoms in total. The van der Waals surface area contributed by atoms with Gasteiger partial charge in [-0.25, -0.2) is 0 Å². The molecule has 0 N–H and O–H groups in total. The number of hydrogen-bond donors (Lipinski definition) is 0. The minimum absolute atomic E-state index is 0.0195. The number of carbonyl (C=O) groups is 1. The van der Waals surface area contributed by atoms with Crippen molar-refractivity contribution in [3.63, 3.8) is 0 Å². The third-order valence-electron chi connectivity index (χ3n) is 2.90. The fourth-order valence-electron chi connectivity index (χ4n) is 1.82. The average molecular weight is 288 g/mol. The molecule has 0 unspecified atom stereocenters. The highest BCUT2D eigenvalue weighted by atomic mass is 35.5. The summed E-state index contributed by atoms with van der Waals surface area (Å²) >= 11 is 11.7. The maximum atomic E-state index is 11.9. The zero-order valence-corrected chi connectivity index (χ0v) is 11.7. The second-order valence-corrected chi connectivity index (χ2v) is 5.09. The number of nitrogens with zero attached hydrogens (tertiary/aromatic N) is 1. The first-order chi connectivity index (χ1) is 8.61. The third kappa shape index (κ3) is 3.30. The van der Waals surface area contributed by atoms with Crippen LogP contribution in [0.15, 0.2) is 18.2 Å². The van der Waals surface area contributed by atoms with Crippen LogP contribution in [0.25, 0.3) is 0 Å². The van der Waals surface area contributed by atoms with Crippen LogP contribution in [-0.4, -0.2) is 30.0 Å². The molecule has 0 radical (unpaired) electrons. The average Bonchev–Trinajstić information content (AvgIpc) is 3.16. The normalized spacial score (nSPS) is 14.4. The first-order valence-electron chi connectivity index (χ1n) is 5.99. The first kappa shape index (κ1) is 13.5. The lowest BCUT2D eigenvalue weighted by Gasteiger charge is -2.20. The van der Waals surface area contributed by atoms with Gasteiger partial charge in [0.1, 0.15) is 5.75 Å². The van der Waals surface area contributed by atoms with Gasteiger partial charge in [-0.1, -0.05) is 23.2 Å². The molecule has 0 spiro atoms. The van der Waals surface area contributed by atoms with Crippen molar-refractivity contribution in [2.45, 2.75) is 25.8 Å². The van der Waals surface area contributed by atoms with Crippen LogP contribution in [0.1, 0.15) is 19.8 Å². The van der Waals surface area contributed by atoms with E-state index in [1.54, 1.807) is 18.2 Å². The van der Waals surface area contributed by atoms with E-state index in [1.807, 2.05) is 11.8 Å². The highest BCUT2D eigenvalue weighted by Gasteiger charge is 2.31. The maximum Gasteiger partial charge on any atom is 0.260 e. The van der Waals surface area contributed by atoms with E-state index in [9.17, 15) is 4.79 Å². The summed E-state index contributed by atoms with van der Waals surface area (Å²) in [7, 11) is 0. The molecule has 0 atom stereocenters. The molecule has 1 fully saturated rings. The standard InChI is InChI=1S/C13H15Cl2NO2/c1-2-16(9-3-4-9)13(17)8-18-10-5-6-11(14)12(15)7-10/h5-7,9H,2-4,8H2,1H3. The van der Waals surface area contributed by atoms with Crippen molar-refractivity contribution in [2.75, 3.05) is 13.2 Å². The van der Waals surface area contributed by atoms with Gasteiger partial charge < -0.3 is 9.64 Å². The lowest BCUT2D eigenvalue weighted by atomic mass is 10.3. The van der Waals surface area contributed by atoms with Crippen LogP contribution >= 0.6 is 23.2 Å². The number of ether oxygens (including phenoxy) is 1. The van der Waals surface area contributed by atoms with Crippen LogP contribution in [0.2, 0.25) is 10.0 Å². The minimum atomic E-state index is 0.0195. The maximum absolute atomic E-state index is 11.9. The van der Waals surface area contributed by atoms with Gasteiger partial charge in [0.05, 0.1) is 10.0 Å². The second kappa shape index (κ2) is 5.81. The van der Waals surface area contributed by atoms with Crippen molar-refractivity contribution in [3.05, 3.63) is 28.2 Å². The van der Waals surface area contributed by atoms with Gasteiger partial charge in [0, 0.05) is 18.7 Å². The molecule has 18 heavy (non-hydrogen) atoms.